The van der Waals surface area contributed by atoms with Crippen molar-refractivity contribution >= 4 is 22.8 Å². The van der Waals surface area contributed by atoms with Gasteiger partial charge in [-0.1, -0.05) is 54.6 Å². The number of quaternary nitrogens is 1. The Morgan fingerprint density at radius 1 is 0.816 bits per heavy atom. The van der Waals surface area contributed by atoms with Crippen molar-refractivity contribution in [3.8, 4) is 22.4 Å². The summed E-state index contributed by atoms with van der Waals surface area (Å²) in [5.41, 5.74) is 10.6. The molecule has 0 aliphatic carbocycles. The van der Waals surface area contributed by atoms with Gasteiger partial charge in [0.05, 0.1) is 23.1 Å². The second-order valence-corrected chi connectivity index (χ2v) is 7.39. The van der Waals surface area contributed by atoms with Crippen LogP contribution >= 0.6 is 0 Å². The van der Waals surface area contributed by atoms with E-state index in [0.29, 0.717) is 0 Å². The van der Waals surface area contributed by atoms with Gasteiger partial charge in [0.15, 0.2) is 12.4 Å². The maximum absolute atomic E-state index is 10.5. The molecule has 2 aromatic carbocycles. The SMILES string of the molecule is O=C([O-])C(F)(F)F.O=C([O-])C(F)(F)F.[NH3+]Cc1ccc(-c2nc3cc[nH+]cc3cc2-c2ccccc2)cc1. The van der Waals surface area contributed by atoms with Gasteiger partial charge in [0.1, 0.15) is 11.9 Å². The number of fused-ring (bicyclic) bond motifs is 1. The molecule has 2 aromatic heterocycles. The Kier molecular flexibility index (Phi) is 9.88. The number of nitrogens with one attached hydrogen (secondary N) is 1. The van der Waals surface area contributed by atoms with Gasteiger partial charge in [-0.25, -0.2) is 9.97 Å². The number of pyridine rings is 2. The number of hydrogen-bond acceptors (Lipinski definition) is 5. The lowest BCUT2D eigenvalue weighted by Crippen LogP contribution is -2.47. The summed E-state index contributed by atoms with van der Waals surface area (Å²) in [5, 5.41) is 18.7. The zero-order chi connectivity index (χ0) is 28.5. The van der Waals surface area contributed by atoms with Gasteiger partial charge in [-0.05, 0) is 11.6 Å². The maximum atomic E-state index is 10.5. The molecule has 0 amide bonds. The summed E-state index contributed by atoms with van der Waals surface area (Å²) in [7, 11) is 0. The Labute approximate surface area is 211 Å². The molecule has 13 heteroatoms. The number of carbonyl (C=O) groups is 2. The highest BCUT2D eigenvalue weighted by Gasteiger charge is 2.29. The van der Waals surface area contributed by atoms with Crippen LogP contribution in [0.2, 0.25) is 0 Å². The number of alkyl halides is 6. The van der Waals surface area contributed by atoms with Crippen LogP contribution in [0.4, 0.5) is 26.3 Å². The molecule has 0 saturated heterocycles. The highest BCUT2D eigenvalue weighted by molar-refractivity contribution is 5.90. The molecule has 0 bridgehead atoms. The van der Waals surface area contributed by atoms with Crippen molar-refractivity contribution in [1.82, 2.24) is 4.98 Å². The summed E-state index contributed by atoms with van der Waals surface area (Å²) in [6.45, 7) is 0.798. The number of nitrogens with zero attached hydrogens (tertiary/aromatic N) is 1. The first kappa shape index (κ1) is 29.7. The quantitative estimate of drug-likeness (QED) is 0.396. The summed E-state index contributed by atoms with van der Waals surface area (Å²) in [6.07, 6.45) is -6.49. The minimum absolute atomic E-state index is 0.798. The lowest BCUT2D eigenvalue weighted by Gasteiger charge is -2.11. The summed E-state index contributed by atoms with van der Waals surface area (Å²) >= 11 is 0. The fourth-order valence-electron chi connectivity index (χ4n) is 2.94. The highest BCUT2D eigenvalue weighted by Crippen LogP contribution is 2.33. The number of rotatable bonds is 3. The molecule has 0 atom stereocenters. The van der Waals surface area contributed by atoms with Crippen molar-refractivity contribution in [3.63, 3.8) is 0 Å². The van der Waals surface area contributed by atoms with Crippen molar-refractivity contribution in [1.29, 1.82) is 0 Å². The minimum Gasteiger partial charge on any atom is -0.542 e. The Hall–Kier alpha value is -4.52. The molecule has 0 spiro atoms. The summed E-state index contributed by atoms with van der Waals surface area (Å²) in [4.78, 5) is 25.7. The van der Waals surface area contributed by atoms with Crippen LogP contribution in [-0.4, -0.2) is 29.3 Å². The number of halogens is 6. The van der Waals surface area contributed by atoms with E-state index in [0.717, 1.165) is 34.3 Å². The van der Waals surface area contributed by atoms with Crippen LogP contribution in [0.3, 0.4) is 0 Å². The van der Waals surface area contributed by atoms with Crippen molar-refractivity contribution < 1.29 is 56.9 Å². The number of carboxylic acid groups (broad SMARTS) is 2. The molecule has 0 saturated carbocycles. The number of carboxylic acids is 2. The summed E-state index contributed by atoms with van der Waals surface area (Å²) in [5.74, 6) is -6.01. The average Bonchev–Trinajstić information content (AvgIpc) is 2.88. The van der Waals surface area contributed by atoms with E-state index in [1.54, 1.807) is 0 Å². The third-order valence-electron chi connectivity index (χ3n) is 4.72. The molecule has 4 aromatic rings. The fourth-order valence-corrected chi connectivity index (χ4v) is 2.94. The number of hydrogen-bond donors (Lipinski definition) is 1. The molecular weight excluding hydrogens is 520 g/mol. The normalized spacial score (nSPS) is 11.0. The lowest BCUT2D eigenvalue weighted by atomic mass is 9.97. The number of benzene rings is 2. The molecular formula is C25H19F6N3O4. The van der Waals surface area contributed by atoms with E-state index in [9.17, 15) is 26.3 Å². The van der Waals surface area contributed by atoms with Gasteiger partial charge in [-0.15, -0.1) is 0 Å². The van der Waals surface area contributed by atoms with Crippen LogP contribution in [0, 0.1) is 0 Å². The Morgan fingerprint density at radius 3 is 1.82 bits per heavy atom. The first-order valence-electron chi connectivity index (χ1n) is 10.5. The van der Waals surface area contributed by atoms with Crippen LogP contribution < -0.4 is 20.9 Å². The van der Waals surface area contributed by atoms with Crippen LogP contribution in [-0.2, 0) is 16.1 Å². The number of carbonyl (C=O) groups excluding carboxylic acids is 2. The van der Waals surface area contributed by atoms with E-state index in [4.69, 9.17) is 24.8 Å². The third-order valence-corrected chi connectivity index (χ3v) is 4.72. The van der Waals surface area contributed by atoms with Gasteiger partial charge in [0.25, 0.3) is 0 Å². The van der Waals surface area contributed by atoms with E-state index in [2.05, 4.69) is 65.3 Å². The molecule has 2 heterocycles. The number of H-pyrrole nitrogens is 1. The molecule has 0 radical (unpaired) electrons. The largest absolute Gasteiger partial charge is 0.542 e. The summed E-state index contributed by atoms with van der Waals surface area (Å²) in [6, 6.07) is 23.2. The molecule has 38 heavy (non-hydrogen) atoms. The number of aliphatic carboxylic acids is 2. The van der Waals surface area contributed by atoms with Gasteiger partial charge in [0.2, 0.25) is 0 Å². The van der Waals surface area contributed by atoms with Crippen molar-refractivity contribution in [3.05, 3.63) is 84.7 Å². The Morgan fingerprint density at radius 2 is 1.34 bits per heavy atom. The second-order valence-electron chi connectivity index (χ2n) is 7.39. The molecule has 4 N–H and O–H groups in total. The van der Waals surface area contributed by atoms with Crippen molar-refractivity contribution in [2.45, 2.75) is 18.9 Å². The van der Waals surface area contributed by atoms with Crippen LogP contribution in [0.5, 0.6) is 0 Å². The Balaban J connectivity index is 0.000000301. The molecule has 0 aliphatic rings. The van der Waals surface area contributed by atoms with E-state index >= 15 is 0 Å². The molecule has 0 aliphatic heterocycles. The lowest BCUT2D eigenvalue weighted by molar-refractivity contribution is -0.386. The van der Waals surface area contributed by atoms with Crippen molar-refractivity contribution in [2.75, 3.05) is 0 Å². The first-order valence-corrected chi connectivity index (χ1v) is 10.5. The zero-order valence-electron chi connectivity index (χ0n) is 19.3. The van der Waals surface area contributed by atoms with Gasteiger partial charge < -0.3 is 25.5 Å². The Bertz CT molecular complexity index is 1350. The van der Waals surface area contributed by atoms with Gasteiger partial charge in [-0.2, -0.15) is 26.3 Å². The van der Waals surface area contributed by atoms with E-state index < -0.39 is 24.3 Å². The van der Waals surface area contributed by atoms with Gasteiger partial charge in [0, 0.05) is 22.8 Å². The van der Waals surface area contributed by atoms with Gasteiger partial charge in [-0.3, -0.25) is 0 Å². The monoisotopic (exact) mass is 539 g/mol. The maximum Gasteiger partial charge on any atom is 0.430 e. The number of aromatic nitrogens is 2. The highest BCUT2D eigenvalue weighted by atomic mass is 19.4. The second kappa shape index (κ2) is 12.6. The fraction of sp³-hybridized carbons (Fsp3) is 0.120. The van der Waals surface area contributed by atoms with Crippen molar-refractivity contribution in [2.24, 2.45) is 0 Å². The molecule has 0 fully saturated rings. The predicted molar refractivity (Wildman–Crippen MR) is 118 cm³/mol. The first-order chi connectivity index (χ1) is 17.7. The average molecular weight is 539 g/mol. The zero-order valence-corrected chi connectivity index (χ0v) is 19.3. The van der Waals surface area contributed by atoms with E-state index in [1.165, 1.54) is 11.1 Å². The molecule has 0 unspecified atom stereocenters. The molecule has 4 rings (SSSR count). The predicted octanol–water partition coefficient (Wildman–Crippen LogP) is 1.72. The smallest absolute Gasteiger partial charge is 0.430 e. The number of aromatic amines is 1. The topological polar surface area (TPSA) is 135 Å². The van der Waals surface area contributed by atoms with Crippen LogP contribution in [0.15, 0.2) is 79.1 Å². The third kappa shape index (κ3) is 8.55. The minimum atomic E-state index is -5.19. The standard InChI is InChI=1S/C21H17N3.2C2HF3O2/c22-13-15-6-8-17(9-7-15)21-19(16-4-2-1-3-5-16)12-18-14-23-11-10-20(18)24-21;2*3-2(4,5)1(6)7/h1-12,14H,13,22H2;2*(H,6,7). The van der Waals surface area contributed by atoms with Crippen LogP contribution in [0.1, 0.15) is 5.56 Å². The summed E-state index contributed by atoms with van der Waals surface area (Å²) < 4.78 is 63.1. The van der Waals surface area contributed by atoms with Crippen LogP contribution in [0.25, 0.3) is 33.3 Å². The van der Waals surface area contributed by atoms with E-state index in [-0.39, 0.29) is 0 Å². The van der Waals surface area contributed by atoms with E-state index in [1.807, 2.05) is 24.5 Å². The molecule has 7 nitrogen and oxygen atoms in total. The van der Waals surface area contributed by atoms with Gasteiger partial charge >= 0.3 is 12.4 Å². The molecule has 200 valence electrons.